The molecule has 3 rings (SSSR count). The Morgan fingerprint density at radius 3 is 2.68 bits per heavy atom. The third kappa shape index (κ3) is 4.59. The highest BCUT2D eigenvalue weighted by Crippen LogP contribution is 2.29. The van der Waals surface area contributed by atoms with Gasteiger partial charge < -0.3 is 19.9 Å². The number of carbonyl (C=O) groups excluding carboxylic acids is 1. The molecule has 22 heavy (non-hydrogen) atoms. The van der Waals surface area contributed by atoms with Crippen LogP contribution in [0.2, 0.25) is 0 Å². The monoisotopic (exact) mass is 309 g/mol. The van der Waals surface area contributed by atoms with E-state index < -0.39 is 0 Å². The molecule has 2 aliphatic heterocycles. The zero-order valence-corrected chi connectivity index (χ0v) is 13.9. The molecule has 0 radical (unpaired) electrons. The Balaban J connectivity index is 1.45. The molecule has 1 aliphatic carbocycles. The number of urea groups is 1. The standard InChI is InChI=1S/C17H31N3O2/c1-14(11-19-8-3-2-4-9-19)18-17(21)20(16-5-6-16)12-15-7-10-22-13-15/h14-16H,2-13H2,1H3,(H,18,21). The van der Waals surface area contributed by atoms with Crippen molar-refractivity contribution in [2.75, 3.05) is 39.4 Å². The van der Waals surface area contributed by atoms with E-state index in [2.05, 4.69) is 22.0 Å². The van der Waals surface area contributed by atoms with Crippen molar-refractivity contribution in [1.29, 1.82) is 0 Å². The number of piperidine rings is 1. The molecule has 0 bridgehead atoms. The lowest BCUT2D eigenvalue weighted by Gasteiger charge is -2.31. The van der Waals surface area contributed by atoms with Gasteiger partial charge in [-0.15, -0.1) is 0 Å². The molecule has 126 valence electrons. The number of hydrogen-bond donors (Lipinski definition) is 1. The van der Waals surface area contributed by atoms with Gasteiger partial charge in [-0.1, -0.05) is 6.42 Å². The Kier molecular flexibility index (Phi) is 5.58. The topological polar surface area (TPSA) is 44.8 Å². The van der Waals surface area contributed by atoms with Crippen LogP contribution in [0.15, 0.2) is 0 Å². The summed E-state index contributed by atoms with van der Waals surface area (Å²) in [6.07, 6.45) is 7.39. The first-order valence-electron chi connectivity index (χ1n) is 9.09. The van der Waals surface area contributed by atoms with Crippen molar-refractivity contribution < 1.29 is 9.53 Å². The van der Waals surface area contributed by atoms with E-state index in [0.717, 1.165) is 32.7 Å². The molecule has 1 N–H and O–H groups in total. The van der Waals surface area contributed by atoms with Gasteiger partial charge in [-0.2, -0.15) is 0 Å². The van der Waals surface area contributed by atoms with Gasteiger partial charge in [0, 0.05) is 37.7 Å². The summed E-state index contributed by atoms with van der Waals surface area (Å²) in [5.41, 5.74) is 0. The van der Waals surface area contributed by atoms with Crippen LogP contribution in [0.3, 0.4) is 0 Å². The summed E-state index contributed by atoms with van der Waals surface area (Å²) in [5, 5.41) is 3.23. The zero-order valence-electron chi connectivity index (χ0n) is 13.9. The van der Waals surface area contributed by atoms with Crippen molar-refractivity contribution in [2.24, 2.45) is 5.92 Å². The quantitative estimate of drug-likeness (QED) is 0.817. The van der Waals surface area contributed by atoms with Gasteiger partial charge in [0.15, 0.2) is 0 Å². The lowest BCUT2D eigenvalue weighted by molar-refractivity contribution is 0.156. The first kappa shape index (κ1) is 16.1. The Bertz CT molecular complexity index is 361. The number of rotatable bonds is 6. The fraction of sp³-hybridized carbons (Fsp3) is 0.941. The Morgan fingerprint density at radius 1 is 1.27 bits per heavy atom. The van der Waals surface area contributed by atoms with Gasteiger partial charge in [0.1, 0.15) is 0 Å². The number of ether oxygens (including phenoxy) is 1. The fourth-order valence-corrected chi connectivity index (χ4v) is 3.66. The smallest absolute Gasteiger partial charge is 0.317 e. The molecule has 3 aliphatic rings. The highest BCUT2D eigenvalue weighted by molar-refractivity contribution is 5.75. The van der Waals surface area contributed by atoms with Gasteiger partial charge in [0.05, 0.1) is 6.61 Å². The van der Waals surface area contributed by atoms with Crippen LogP contribution in [0.1, 0.15) is 45.4 Å². The van der Waals surface area contributed by atoms with Crippen LogP contribution in [-0.2, 0) is 4.74 Å². The summed E-state index contributed by atoms with van der Waals surface area (Å²) in [7, 11) is 0. The lowest BCUT2D eigenvalue weighted by atomic mass is 10.1. The second-order valence-electron chi connectivity index (χ2n) is 7.32. The van der Waals surface area contributed by atoms with E-state index in [1.165, 1.54) is 45.2 Å². The molecular weight excluding hydrogens is 278 g/mol. The van der Waals surface area contributed by atoms with Crippen molar-refractivity contribution in [2.45, 2.75) is 57.5 Å². The van der Waals surface area contributed by atoms with Gasteiger partial charge >= 0.3 is 6.03 Å². The van der Waals surface area contributed by atoms with Crippen LogP contribution in [-0.4, -0.2) is 67.3 Å². The van der Waals surface area contributed by atoms with Crippen LogP contribution in [0.5, 0.6) is 0 Å². The van der Waals surface area contributed by atoms with Crippen molar-refractivity contribution in [3.8, 4) is 0 Å². The fourth-order valence-electron chi connectivity index (χ4n) is 3.66. The molecule has 5 heteroatoms. The minimum atomic E-state index is 0.138. The third-order valence-electron chi connectivity index (χ3n) is 5.08. The van der Waals surface area contributed by atoms with Crippen LogP contribution in [0.4, 0.5) is 4.79 Å². The summed E-state index contributed by atoms with van der Waals surface area (Å²) in [6, 6.07) is 0.841. The molecule has 1 saturated carbocycles. The van der Waals surface area contributed by atoms with Crippen molar-refractivity contribution in [1.82, 2.24) is 15.1 Å². The maximum absolute atomic E-state index is 12.6. The molecule has 2 heterocycles. The summed E-state index contributed by atoms with van der Waals surface area (Å²) in [6.45, 7) is 8.04. The predicted molar refractivity (Wildman–Crippen MR) is 86.9 cm³/mol. The molecular formula is C17H31N3O2. The number of hydrogen-bond acceptors (Lipinski definition) is 3. The van der Waals surface area contributed by atoms with E-state index in [4.69, 9.17) is 4.74 Å². The maximum atomic E-state index is 12.6. The Labute approximate surface area is 134 Å². The summed E-state index contributed by atoms with van der Waals surface area (Å²) < 4.78 is 5.45. The predicted octanol–water partition coefficient (Wildman–Crippen LogP) is 2.07. The first-order valence-corrected chi connectivity index (χ1v) is 9.09. The van der Waals surface area contributed by atoms with Crippen molar-refractivity contribution >= 4 is 6.03 Å². The molecule has 0 aromatic rings. The number of nitrogens with one attached hydrogen (secondary N) is 1. The molecule has 0 aromatic heterocycles. The first-order chi connectivity index (χ1) is 10.7. The second kappa shape index (κ2) is 7.64. The minimum Gasteiger partial charge on any atom is -0.381 e. The summed E-state index contributed by atoms with van der Waals surface area (Å²) in [5.74, 6) is 0.531. The second-order valence-corrected chi connectivity index (χ2v) is 7.32. The third-order valence-corrected chi connectivity index (χ3v) is 5.08. The average Bonchev–Trinajstić information content (AvgIpc) is 3.21. The molecule has 0 aromatic carbocycles. The average molecular weight is 309 g/mol. The molecule has 5 nitrogen and oxygen atoms in total. The molecule has 2 amide bonds. The zero-order chi connectivity index (χ0) is 15.4. The van der Waals surface area contributed by atoms with Crippen LogP contribution < -0.4 is 5.32 Å². The van der Waals surface area contributed by atoms with Crippen LogP contribution >= 0.6 is 0 Å². The largest absolute Gasteiger partial charge is 0.381 e. The Hall–Kier alpha value is -0.810. The van der Waals surface area contributed by atoms with Gasteiger partial charge in [-0.25, -0.2) is 4.79 Å². The van der Waals surface area contributed by atoms with E-state index in [1.807, 2.05) is 0 Å². The lowest BCUT2D eigenvalue weighted by Crippen LogP contribution is -2.50. The van der Waals surface area contributed by atoms with E-state index in [-0.39, 0.29) is 12.1 Å². The number of likely N-dealkylation sites (tertiary alicyclic amines) is 1. The van der Waals surface area contributed by atoms with Gasteiger partial charge in [0.2, 0.25) is 0 Å². The number of nitrogens with zero attached hydrogens (tertiary/aromatic N) is 2. The molecule has 2 atom stereocenters. The molecule has 3 fully saturated rings. The number of carbonyl (C=O) groups is 1. The van der Waals surface area contributed by atoms with E-state index in [1.54, 1.807) is 0 Å². The molecule has 0 spiro atoms. The highest BCUT2D eigenvalue weighted by atomic mass is 16.5. The Morgan fingerprint density at radius 2 is 2.05 bits per heavy atom. The van der Waals surface area contributed by atoms with Gasteiger partial charge in [-0.3, -0.25) is 0 Å². The van der Waals surface area contributed by atoms with E-state index in [9.17, 15) is 4.79 Å². The van der Waals surface area contributed by atoms with Crippen LogP contribution in [0.25, 0.3) is 0 Å². The van der Waals surface area contributed by atoms with Crippen LogP contribution in [0, 0.1) is 5.92 Å². The summed E-state index contributed by atoms with van der Waals surface area (Å²) >= 11 is 0. The highest BCUT2D eigenvalue weighted by Gasteiger charge is 2.35. The SMILES string of the molecule is CC(CN1CCCCC1)NC(=O)N(CC1CCOC1)C1CC1. The van der Waals surface area contributed by atoms with E-state index >= 15 is 0 Å². The minimum absolute atomic E-state index is 0.138. The van der Waals surface area contributed by atoms with Gasteiger partial charge in [-0.05, 0) is 52.1 Å². The van der Waals surface area contributed by atoms with Crippen molar-refractivity contribution in [3.63, 3.8) is 0 Å². The molecule has 2 unspecified atom stereocenters. The number of amides is 2. The van der Waals surface area contributed by atoms with E-state index in [0.29, 0.717) is 12.0 Å². The van der Waals surface area contributed by atoms with Crippen molar-refractivity contribution in [3.05, 3.63) is 0 Å². The molecule has 2 saturated heterocycles. The normalized spacial score (nSPS) is 27.6. The summed E-state index contributed by atoms with van der Waals surface area (Å²) in [4.78, 5) is 17.2. The maximum Gasteiger partial charge on any atom is 0.317 e. The van der Waals surface area contributed by atoms with Gasteiger partial charge in [0.25, 0.3) is 0 Å².